The van der Waals surface area contributed by atoms with Crippen LogP contribution in [0, 0.1) is 6.92 Å². The lowest BCUT2D eigenvalue weighted by atomic mass is 10.1. The first-order valence-electron chi connectivity index (χ1n) is 5.51. The molecule has 0 saturated carbocycles. The SMILES string of the molecule is Cc1ccc(NCCOCC(F)F)c(C(N)=S)c1. The molecule has 3 N–H and O–H groups in total. The van der Waals surface area contributed by atoms with Gasteiger partial charge >= 0.3 is 0 Å². The molecule has 3 nitrogen and oxygen atoms in total. The van der Waals surface area contributed by atoms with Crippen LogP contribution in [0.5, 0.6) is 0 Å². The van der Waals surface area contributed by atoms with Crippen molar-refractivity contribution in [3.63, 3.8) is 0 Å². The standard InChI is InChI=1S/C12H16F2N2OS/c1-8-2-3-10(9(6-8)12(15)18)16-4-5-17-7-11(13)14/h2-3,6,11,16H,4-5,7H2,1H3,(H2,15,18). The molecule has 0 spiro atoms. The van der Waals surface area contributed by atoms with Crippen LogP contribution in [0.2, 0.25) is 0 Å². The Kier molecular flexibility index (Phi) is 5.94. The topological polar surface area (TPSA) is 47.3 Å². The number of aryl methyl sites for hydroxylation is 1. The summed E-state index contributed by atoms with van der Waals surface area (Å²) in [6, 6.07) is 5.66. The third-order valence-electron chi connectivity index (χ3n) is 2.25. The van der Waals surface area contributed by atoms with E-state index in [0.29, 0.717) is 11.5 Å². The first-order valence-corrected chi connectivity index (χ1v) is 5.91. The summed E-state index contributed by atoms with van der Waals surface area (Å²) in [6.07, 6.45) is -2.43. The second kappa shape index (κ2) is 7.23. The van der Waals surface area contributed by atoms with Gasteiger partial charge in [-0.25, -0.2) is 8.78 Å². The van der Waals surface area contributed by atoms with Crippen molar-refractivity contribution in [2.75, 3.05) is 25.1 Å². The number of halogens is 2. The van der Waals surface area contributed by atoms with E-state index in [9.17, 15) is 8.78 Å². The van der Waals surface area contributed by atoms with E-state index in [2.05, 4.69) is 5.32 Å². The first-order chi connectivity index (χ1) is 8.50. The van der Waals surface area contributed by atoms with E-state index >= 15 is 0 Å². The van der Waals surface area contributed by atoms with Gasteiger partial charge in [-0.15, -0.1) is 0 Å². The van der Waals surface area contributed by atoms with Gasteiger partial charge in [0, 0.05) is 17.8 Å². The molecule has 1 aromatic carbocycles. The molecule has 0 saturated heterocycles. The highest BCUT2D eigenvalue weighted by Gasteiger charge is 2.05. The predicted molar refractivity (Wildman–Crippen MR) is 72.4 cm³/mol. The molecule has 18 heavy (non-hydrogen) atoms. The number of benzene rings is 1. The highest BCUT2D eigenvalue weighted by molar-refractivity contribution is 7.80. The van der Waals surface area contributed by atoms with Crippen molar-refractivity contribution in [2.24, 2.45) is 5.73 Å². The maximum Gasteiger partial charge on any atom is 0.261 e. The summed E-state index contributed by atoms with van der Waals surface area (Å²) in [5.41, 5.74) is 8.20. The van der Waals surface area contributed by atoms with Crippen LogP contribution in [0.25, 0.3) is 0 Å². The lowest BCUT2D eigenvalue weighted by Gasteiger charge is -2.12. The average Bonchev–Trinajstić information content (AvgIpc) is 2.29. The number of rotatable bonds is 7. The van der Waals surface area contributed by atoms with Crippen LogP contribution in [0.1, 0.15) is 11.1 Å². The molecule has 0 unspecified atom stereocenters. The average molecular weight is 274 g/mol. The Hall–Kier alpha value is -1.27. The quantitative estimate of drug-likeness (QED) is 0.592. The minimum Gasteiger partial charge on any atom is -0.389 e. The number of alkyl halides is 2. The van der Waals surface area contributed by atoms with E-state index in [4.69, 9.17) is 22.7 Å². The summed E-state index contributed by atoms with van der Waals surface area (Å²) < 4.78 is 28.4. The van der Waals surface area contributed by atoms with Gasteiger partial charge in [0.2, 0.25) is 0 Å². The van der Waals surface area contributed by atoms with Gasteiger partial charge in [-0.2, -0.15) is 0 Å². The van der Waals surface area contributed by atoms with Crippen LogP contribution < -0.4 is 11.1 Å². The number of anilines is 1. The summed E-state index contributed by atoms with van der Waals surface area (Å²) >= 11 is 4.95. The second-order valence-corrected chi connectivity index (χ2v) is 4.25. The third-order valence-corrected chi connectivity index (χ3v) is 2.47. The van der Waals surface area contributed by atoms with Crippen LogP contribution in [0.3, 0.4) is 0 Å². The summed E-state index contributed by atoms with van der Waals surface area (Å²) in [7, 11) is 0. The first kappa shape index (κ1) is 14.8. The molecule has 0 bridgehead atoms. The molecule has 0 heterocycles. The number of thiocarbonyl (C=S) groups is 1. The van der Waals surface area contributed by atoms with Gasteiger partial charge < -0.3 is 15.8 Å². The monoisotopic (exact) mass is 274 g/mol. The molecule has 1 aromatic rings. The molecule has 100 valence electrons. The van der Waals surface area contributed by atoms with Crippen molar-refractivity contribution in [3.05, 3.63) is 29.3 Å². The second-order valence-electron chi connectivity index (χ2n) is 3.81. The van der Waals surface area contributed by atoms with E-state index in [0.717, 1.165) is 16.8 Å². The van der Waals surface area contributed by atoms with Crippen LogP contribution in [-0.4, -0.2) is 31.2 Å². The number of nitrogens with one attached hydrogen (secondary N) is 1. The highest BCUT2D eigenvalue weighted by Crippen LogP contribution is 2.17. The van der Waals surface area contributed by atoms with Gasteiger partial charge in [0.25, 0.3) is 6.43 Å². The minimum absolute atomic E-state index is 0.203. The van der Waals surface area contributed by atoms with E-state index < -0.39 is 13.0 Å². The Morgan fingerprint density at radius 1 is 1.50 bits per heavy atom. The van der Waals surface area contributed by atoms with Gasteiger partial charge in [-0.1, -0.05) is 23.8 Å². The molecular weight excluding hydrogens is 258 g/mol. The van der Waals surface area contributed by atoms with Crippen LogP contribution in [-0.2, 0) is 4.74 Å². The van der Waals surface area contributed by atoms with E-state index in [1.807, 2.05) is 25.1 Å². The Morgan fingerprint density at radius 3 is 2.83 bits per heavy atom. The molecular formula is C12H16F2N2OS. The van der Waals surface area contributed by atoms with Gasteiger partial charge in [-0.05, 0) is 19.1 Å². The predicted octanol–water partition coefficient (Wildman–Crippen LogP) is 2.32. The Bertz CT molecular complexity index is 413. The largest absolute Gasteiger partial charge is 0.389 e. The van der Waals surface area contributed by atoms with Gasteiger partial charge in [-0.3, -0.25) is 0 Å². The minimum atomic E-state index is -2.43. The molecule has 0 fully saturated rings. The molecule has 0 aliphatic carbocycles. The fourth-order valence-corrected chi connectivity index (χ4v) is 1.62. The number of ether oxygens (including phenoxy) is 1. The lowest BCUT2D eigenvalue weighted by Crippen LogP contribution is -2.17. The third kappa shape index (κ3) is 4.93. The Morgan fingerprint density at radius 2 is 2.22 bits per heavy atom. The van der Waals surface area contributed by atoms with Crippen LogP contribution in [0.15, 0.2) is 18.2 Å². The fraction of sp³-hybridized carbons (Fsp3) is 0.417. The molecule has 0 radical (unpaired) electrons. The lowest BCUT2D eigenvalue weighted by molar-refractivity contribution is 0.0215. The van der Waals surface area contributed by atoms with Crippen molar-refractivity contribution in [2.45, 2.75) is 13.3 Å². The summed E-state index contributed by atoms with van der Waals surface area (Å²) in [6.45, 7) is 2.02. The maximum absolute atomic E-state index is 11.8. The summed E-state index contributed by atoms with van der Waals surface area (Å²) in [5, 5.41) is 3.06. The van der Waals surface area contributed by atoms with Crippen LogP contribution >= 0.6 is 12.2 Å². The highest BCUT2D eigenvalue weighted by atomic mass is 32.1. The molecule has 0 atom stereocenters. The summed E-state index contributed by atoms with van der Waals surface area (Å²) in [5.74, 6) is 0. The number of hydrogen-bond acceptors (Lipinski definition) is 3. The molecule has 0 amide bonds. The Balaban J connectivity index is 2.49. The number of nitrogens with two attached hydrogens (primary N) is 1. The van der Waals surface area contributed by atoms with E-state index in [1.165, 1.54) is 0 Å². The van der Waals surface area contributed by atoms with Crippen molar-refractivity contribution in [1.29, 1.82) is 0 Å². The van der Waals surface area contributed by atoms with Crippen molar-refractivity contribution in [3.8, 4) is 0 Å². The van der Waals surface area contributed by atoms with E-state index in [1.54, 1.807) is 0 Å². The maximum atomic E-state index is 11.8. The van der Waals surface area contributed by atoms with Crippen LogP contribution in [0.4, 0.5) is 14.5 Å². The normalized spacial score (nSPS) is 10.7. The van der Waals surface area contributed by atoms with Gasteiger partial charge in [0.05, 0.1) is 6.61 Å². The molecule has 0 aliphatic heterocycles. The smallest absolute Gasteiger partial charge is 0.261 e. The number of hydrogen-bond donors (Lipinski definition) is 2. The molecule has 1 rings (SSSR count). The summed E-state index contributed by atoms with van der Waals surface area (Å²) in [4.78, 5) is 0.301. The zero-order valence-corrected chi connectivity index (χ0v) is 10.9. The van der Waals surface area contributed by atoms with Crippen molar-refractivity contribution < 1.29 is 13.5 Å². The molecule has 0 aromatic heterocycles. The molecule has 6 heteroatoms. The zero-order valence-electron chi connectivity index (χ0n) is 10.1. The van der Waals surface area contributed by atoms with Gasteiger partial charge in [0.15, 0.2) is 0 Å². The van der Waals surface area contributed by atoms with E-state index in [-0.39, 0.29) is 6.61 Å². The fourth-order valence-electron chi connectivity index (χ4n) is 1.45. The zero-order chi connectivity index (χ0) is 13.5. The van der Waals surface area contributed by atoms with Crippen molar-refractivity contribution >= 4 is 22.9 Å². The van der Waals surface area contributed by atoms with Crippen molar-refractivity contribution in [1.82, 2.24) is 0 Å². The molecule has 0 aliphatic rings. The van der Waals surface area contributed by atoms with Gasteiger partial charge in [0.1, 0.15) is 11.6 Å². The Labute approximate surface area is 110 Å².